The molecule has 0 amide bonds. The second kappa shape index (κ2) is 2.88. The summed E-state index contributed by atoms with van der Waals surface area (Å²) in [5.41, 5.74) is 1.78. The van der Waals surface area contributed by atoms with Crippen LogP contribution in [0.1, 0.15) is 23.2 Å². The molecule has 2 aliphatic heterocycles. The number of fused-ring (bicyclic) bond motifs is 5. The maximum Gasteiger partial charge on any atom is 0.269 e. The lowest BCUT2D eigenvalue weighted by molar-refractivity contribution is -0.384. The molecule has 2 unspecified atom stereocenters. The number of non-ortho nitro benzene ring substituents is 1. The molecule has 0 saturated carbocycles. The molecule has 3 rings (SSSR count). The van der Waals surface area contributed by atoms with Crippen molar-refractivity contribution in [3.8, 4) is 0 Å². The van der Waals surface area contributed by atoms with Gasteiger partial charge in [0.1, 0.15) is 0 Å². The van der Waals surface area contributed by atoms with Crippen LogP contribution in [0.3, 0.4) is 0 Å². The number of hydrogen-bond acceptors (Lipinski definition) is 4. The zero-order valence-electron chi connectivity index (χ0n) is 8.11. The summed E-state index contributed by atoms with van der Waals surface area (Å²) >= 11 is 0. The minimum Gasteiger partial charge on any atom is -0.258 e. The number of nitrogens with zero attached hydrogens (tertiary/aromatic N) is 3. The number of nitro groups is 1. The molecule has 2 bridgehead atoms. The third kappa shape index (κ3) is 0.955. The smallest absolute Gasteiger partial charge is 0.258 e. The molecule has 0 N–H and O–H groups in total. The van der Waals surface area contributed by atoms with Gasteiger partial charge in [0.25, 0.3) is 5.69 Å². The molecule has 1 aromatic carbocycles. The summed E-state index contributed by atoms with van der Waals surface area (Å²) in [5, 5.41) is 15.0. The van der Waals surface area contributed by atoms with Crippen molar-refractivity contribution >= 4 is 5.69 Å². The van der Waals surface area contributed by atoms with Gasteiger partial charge in [0.05, 0.1) is 22.3 Å². The van der Waals surface area contributed by atoms with E-state index in [1.807, 2.05) is 12.2 Å². The van der Waals surface area contributed by atoms with Gasteiger partial charge in [-0.05, 0) is 17.2 Å². The monoisotopic (exact) mass is 217 g/mol. The van der Waals surface area contributed by atoms with Gasteiger partial charge >= 0.3 is 0 Å². The van der Waals surface area contributed by atoms with Crippen molar-refractivity contribution in [1.29, 1.82) is 0 Å². The van der Waals surface area contributed by atoms with Gasteiger partial charge in [-0.2, -0.15) is 0 Å². The van der Waals surface area contributed by atoms with Gasteiger partial charge in [-0.15, -0.1) is 4.91 Å². The molecular weight excluding hydrogens is 210 g/mol. The molecule has 1 aromatic rings. The van der Waals surface area contributed by atoms with E-state index in [2.05, 4.69) is 5.29 Å². The van der Waals surface area contributed by atoms with Gasteiger partial charge < -0.3 is 0 Å². The van der Waals surface area contributed by atoms with Crippen LogP contribution in [0.4, 0.5) is 5.69 Å². The third-order valence-corrected chi connectivity index (χ3v) is 3.06. The van der Waals surface area contributed by atoms with Crippen LogP contribution in [-0.4, -0.2) is 9.93 Å². The number of rotatable bonds is 2. The van der Waals surface area contributed by atoms with Crippen molar-refractivity contribution in [1.82, 2.24) is 5.01 Å². The predicted octanol–water partition coefficient (Wildman–Crippen LogP) is 2.24. The van der Waals surface area contributed by atoms with Gasteiger partial charge in [0.2, 0.25) is 0 Å². The van der Waals surface area contributed by atoms with Crippen LogP contribution in [0.15, 0.2) is 35.6 Å². The highest BCUT2D eigenvalue weighted by molar-refractivity contribution is 5.51. The van der Waals surface area contributed by atoms with Gasteiger partial charge in [0.15, 0.2) is 0 Å². The van der Waals surface area contributed by atoms with E-state index in [0.29, 0.717) is 0 Å². The van der Waals surface area contributed by atoms with E-state index < -0.39 is 4.92 Å². The Hall–Kier alpha value is -2.24. The van der Waals surface area contributed by atoms with E-state index in [1.54, 1.807) is 6.07 Å². The van der Waals surface area contributed by atoms with E-state index in [4.69, 9.17) is 0 Å². The maximum absolute atomic E-state index is 10.7. The summed E-state index contributed by atoms with van der Waals surface area (Å²) in [7, 11) is 0. The fraction of sp³-hybridized carbons (Fsp3) is 0.200. The zero-order valence-corrected chi connectivity index (χ0v) is 8.11. The summed E-state index contributed by atoms with van der Waals surface area (Å²) in [5.74, 6) is 0. The maximum atomic E-state index is 10.7. The lowest BCUT2D eigenvalue weighted by atomic mass is 9.96. The van der Waals surface area contributed by atoms with E-state index in [9.17, 15) is 15.0 Å². The van der Waals surface area contributed by atoms with Crippen molar-refractivity contribution in [3.63, 3.8) is 0 Å². The topological polar surface area (TPSA) is 75.8 Å². The quantitative estimate of drug-likeness (QED) is 0.329. The first kappa shape index (κ1) is 9.02. The number of hydrogen-bond donors (Lipinski definition) is 0. The molecular formula is C10H7N3O3. The molecule has 6 nitrogen and oxygen atoms in total. The molecule has 0 aromatic heterocycles. The van der Waals surface area contributed by atoms with E-state index >= 15 is 0 Å². The van der Waals surface area contributed by atoms with E-state index in [1.165, 1.54) is 17.1 Å². The Bertz CT molecular complexity index is 526. The Morgan fingerprint density at radius 3 is 2.56 bits per heavy atom. The second-order valence-electron chi connectivity index (χ2n) is 3.81. The molecule has 6 heteroatoms. The molecule has 0 spiro atoms. The molecule has 2 aliphatic rings. The molecule has 0 aliphatic carbocycles. The van der Waals surface area contributed by atoms with Crippen LogP contribution in [0.2, 0.25) is 0 Å². The van der Waals surface area contributed by atoms with Crippen LogP contribution in [0.5, 0.6) is 0 Å². The Morgan fingerprint density at radius 2 is 1.94 bits per heavy atom. The Balaban J connectivity index is 2.13. The molecule has 0 saturated heterocycles. The summed E-state index contributed by atoms with van der Waals surface area (Å²) in [4.78, 5) is 20.9. The molecule has 0 fully saturated rings. The molecule has 2 atom stereocenters. The SMILES string of the molecule is O=NN1C2C=CC1c1cc([N+](=O)[O-])ccc12. The molecule has 0 radical (unpaired) electrons. The standard InChI is InChI=1S/C10H7N3O3/c14-11-12-9-3-4-10(12)8-5-6(13(15)16)1-2-7(8)9/h1-5,9-10H. The first-order valence-electron chi connectivity index (χ1n) is 4.80. The van der Waals surface area contributed by atoms with Crippen molar-refractivity contribution in [2.75, 3.05) is 0 Å². The normalized spacial score (nSPS) is 24.6. The highest BCUT2D eigenvalue weighted by Crippen LogP contribution is 2.49. The average Bonchev–Trinajstić information content (AvgIpc) is 2.83. The summed E-state index contributed by atoms with van der Waals surface area (Å²) in [6, 6.07) is 4.27. The number of nitro benzene ring substituents is 1. The molecule has 80 valence electrons. The van der Waals surface area contributed by atoms with Gasteiger partial charge in [-0.25, -0.2) is 5.01 Å². The third-order valence-electron chi connectivity index (χ3n) is 3.06. The summed E-state index contributed by atoms with van der Waals surface area (Å²) in [6.45, 7) is 0. The Morgan fingerprint density at radius 1 is 1.25 bits per heavy atom. The highest BCUT2D eigenvalue weighted by atomic mass is 16.6. The van der Waals surface area contributed by atoms with Crippen molar-refractivity contribution in [3.05, 3.63) is 56.5 Å². The van der Waals surface area contributed by atoms with Gasteiger partial charge in [-0.1, -0.05) is 12.2 Å². The Kier molecular flexibility index (Phi) is 1.62. The largest absolute Gasteiger partial charge is 0.269 e. The number of nitroso groups, excluding NO2 is 1. The van der Waals surface area contributed by atoms with Crippen molar-refractivity contribution in [2.24, 2.45) is 5.29 Å². The first-order valence-corrected chi connectivity index (χ1v) is 4.80. The minimum atomic E-state index is -0.436. The second-order valence-corrected chi connectivity index (χ2v) is 3.81. The fourth-order valence-corrected chi connectivity index (χ4v) is 2.35. The van der Waals surface area contributed by atoms with Crippen LogP contribution in [0.25, 0.3) is 0 Å². The van der Waals surface area contributed by atoms with Crippen LogP contribution in [-0.2, 0) is 0 Å². The lowest BCUT2D eigenvalue weighted by Gasteiger charge is -2.12. The lowest BCUT2D eigenvalue weighted by Crippen LogP contribution is -2.11. The van der Waals surface area contributed by atoms with E-state index in [0.717, 1.165) is 11.1 Å². The predicted molar refractivity (Wildman–Crippen MR) is 55.4 cm³/mol. The summed E-state index contributed by atoms with van der Waals surface area (Å²) in [6.07, 6.45) is 3.73. The molecule has 2 heterocycles. The van der Waals surface area contributed by atoms with Gasteiger partial charge in [0, 0.05) is 12.1 Å². The van der Waals surface area contributed by atoms with Crippen molar-refractivity contribution < 1.29 is 4.92 Å². The van der Waals surface area contributed by atoms with Crippen molar-refractivity contribution in [2.45, 2.75) is 12.1 Å². The first-order chi connectivity index (χ1) is 7.72. The number of benzene rings is 1. The highest BCUT2D eigenvalue weighted by Gasteiger charge is 2.41. The van der Waals surface area contributed by atoms with E-state index in [-0.39, 0.29) is 17.8 Å². The Labute approximate surface area is 90.3 Å². The fourth-order valence-electron chi connectivity index (χ4n) is 2.35. The van der Waals surface area contributed by atoms with Crippen LogP contribution >= 0.6 is 0 Å². The van der Waals surface area contributed by atoms with Crippen LogP contribution < -0.4 is 0 Å². The summed E-state index contributed by atoms with van der Waals surface area (Å²) < 4.78 is 0. The average molecular weight is 217 g/mol. The van der Waals surface area contributed by atoms with Gasteiger partial charge in [-0.3, -0.25) is 10.1 Å². The minimum absolute atomic E-state index is 0.0468. The molecule has 16 heavy (non-hydrogen) atoms. The zero-order chi connectivity index (χ0) is 11.3. The van der Waals surface area contributed by atoms with Crippen LogP contribution in [0, 0.1) is 15.0 Å².